The lowest BCUT2D eigenvalue weighted by atomic mass is 10.1. The maximum atomic E-state index is 13.4. The van der Waals surface area contributed by atoms with E-state index in [0.717, 1.165) is 5.56 Å². The highest BCUT2D eigenvalue weighted by Crippen LogP contribution is 2.21. The van der Waals surface area contributed by atoms with Gasteiger partial charge >= 0.3 is 0 Å². The van der Waals surface area contributed by atoms with E-state index in [1.165, 1.54) is 22.7 Å². The lowest BCUT2D eigenvalue weighted by molar-refractivity contribution is 0.628. The van der Waals surface area contributed by atoms with E-state index >= 15 is 0 Å². The fourth-order valence-corrected chi connectivity index (χ4v) is 2.47. The third-order valence-electron chi connectivity index (χ3n) is 3.56. The summed E-state index contributed by atoms with van der Waals surface area (Å²) in [6.45, 7) is 0. The average Bonchev–Trinajstić information content (AvgIpc) is 3.00. The molecule has 0 aliphatic rings. The zero-order valence-electron chi connectivity index (χ0n) is 11.9. The van der Waals surface area contributed by atoms with Gasteiger partial charge < -0.3 is 0 Å². The number of nitrogens with zero attached hydrogens (tertiary/aromatic N) is 3. The quantitative estimate of drug-likeness (QED) is 0.619. The van der Waals surface area contributed by atoms with Gasteiger partial charge in [0.15, 0.2) is 5.65 Å². The van der Waals surface area contributed by atoms with Crippen LogP contribution in [0.4, 0.5) is 4.39 Å². The maximum Gasteiger partial charge on any atom is 0.273 e. The number of nitrogens with one attached hydrogen (secondary N) is 1. The van der Waals surface area contributed by atoms with Crippen LogP contribution in [0.25, 0.3) is 28.2 Å². The molecule has 0 aliphatic heterocycles. The lowest BCUT2D eigenvalue weighted by Crippen LogP contribution is -2.14. The minimum atomic E-state index is -0.334. The van der Waals surface area contributed by atoms with E-state index in [0.29, 0.717) is 22.6 Å². The van der Waals surface area contributed by atoms with Gasteiger partial charge in [-0.1, -0.05) is 12.1 Å². The predicted molar refractivity (Wildman–Crippen MR) is 84.4 cm³/mol. The van der Waals surface area contributed by atoms with Crippen LogP contribution < -0.4 is 5.56 Å². The Morgan fingerprint density at radius 3 is 2.61 bits per heavy atom. The maximum absolute atomic E-state index is 13.4. The zero-order chi connectivity index (χ0) is 15.8. The minimum Gasteiger partial charge on any atom is -0.289 e. The van der Waals surface area contributed by atoms with Crippen LogP contribution in [0, 0.1) is 5.82 Å². The molecule has 0 bridgehead atoms. The van der Waals surface area contributed by atoms with Crippen molar-refractivity contribution in [2.75, 3.05) is 0 Å². The van der Waals surface area contributed by atoms with Crippen LogP contribution in [-0.2, 0) is 0 Å². The molecule has 4 aromatic rings. The monoisotopic (exact) mass is 306 g/mol. The molecule has 0 saturated heterocycles. The van der Waals surface area contributed by atoms with Gasteiger partial charge in [-0.05, 0) is 24.3 Å². The van der Waals surface area contributed by atoms with Crippen molar-refractivity contribution in [2.24, 2.45) is 0 Å². The normalized spacial score (nSPS) is 11.0. The van der Waals surface area contributed by atoms with Gasteiger partial charge in [-0.2, -0.15) is 0 Å². The number of aromatic nitrogens is 4. The highest BCUT2D eigenvalue weighted by molar-refractivity contribution is 5.66. The molecule has 6 heteroatoms. The van der Waals surface area contributed by atoms with Gasteiger partial charge in [-0.25, -0.2) is 13.9 Å². The van der Waals surface area contributed by atoms with Gasteiger partial charge in [-0.3, -0.25) is 14.9 Å². The molecule has 1 aromatic carbocycles. The standard InChI is InChI=1S/C17H11FN4O/c18-13-3-1-2-12(8-13)15-9-16-20-14(10-17(23)22(16)21-15)11-4-6-19-7-5-11/h1-10,21H. The molecule has 0 saturated carbocycles. The topological polar surface area (TPSA) is 63.0 Å². The Morgan fingerprint density at radius 1 is 1.00 bits per heavy atom. The van der Waals surface area contributed by atoms with E-state index in [1.54, 1.807) is 42.7 Å². The first-order valence-corrected chi connectivity index (χ1v) is 7.00. The van der Waals surface area contributed by atoms with Crippen molar-refractivity contribution in [3.63, 3.8) is 0 Å². The Hall–Kier alpha value is -3.28. The number of hydrogen-bond acceptors (Lipinski definition) is 3. The summed E-state index contributed by atoms with van der Waals surface area (Å²) < 4.78 is 14.7. The molecule has 0 unspecified atom stereocenters. The first-order valence-electron chi connectivity index (χ1n) is 7.00. The van der Waals surface area contributed by atoms with Crippen molar-refractivity contribution in [1.82, 2.24) is 19.6 Å². The van der Waals surface area contributed by atoms with E-state index in [4.69, 9.17) is 0 Å². The second-order valence-corrected chi connectivity index (χ2v) is 5.09. The van der Waals surface area contributed by atoms with Crippen LogP contribution in [0.5, 0.6) is 0 Å². The molecule has 0 radical (unpaired) electrons. The smallest absolute Gasteiger partial charge is 0.273 e. The van der Waals surface area contributed by atoms with Crippen LogP contribution >= 0.6 is 0 Å². The summed E-state index contributed by atoms with van der Waals surface area (Å²) in [6.07, 6.45) is 3.29. The van der Waals surface area contributed by atoms with Crippen molar-refractivity contribution in [3.05, 3.63) is 77.1 Å². The molecule has 0 spiro atoms. The molecule has 3 aromatic heterocycles. The van der Waals surface area contributed by atoms with Crippen LogP contribution in [0.1, 0.15) is 0 Å². The summed E-state index contributed by atoms with van der Waals surface area (Å²) in [5.74, 6) is -0.334. The molecular weight excluding hydrogens is 295 g/mol. The van der Waals surface area contributed by atoms with E-state index in [1.807, 2.05) is 0 Å². The molecule has 4 rings (SSSR count). The van der Waals surface area contributed by atoms with E-state index in [-0.39, 0.29) is 11.4 Å². The highest BCUT2D eigenvalue weighted by Gasteiger charge is 2.09. The molecule has 1 N–H and O–H groups in total. The first kappa shape index (κ1) is 13.4. The number of pyridine rings is 1. The third kappa shape index (κ3) is 2.40. The highest BCUT2D eigenvalue weighted by atomic mass is 19.1. The number of aromatic amines is 1. The van der Waals surface area contributed by atoms with Crippen molar-refractivity contribution >= 4 is 5.65 Å². The lowest BCUT2D eigenvalue weighted by Gasteiger charge is -2.00. The molecule has 0 fully saturated rings. The van der Waals surface area contributed by atoms with Gasteiger partial charge in [0, 0.05) is 35.7 Å². The molecule has 0 aliphatic carbocycles. The number of benzene rings is 1. The summed E-state index contributed by atoms with van der Waals surface area (Å²) >= 11 is 0. The molecule has 0 atom stereocenters. The van der Waals surface area contributed by atoms with Gasteiger partial charge in [-0.15, -0.1) is 0 Å². The molecular formula is C17H11FN4O. The van der Waals surface area contributed by atoms with Crippen molar-refractivity contribution in [1.29, 1.82) is 0 Å². The summed E-state index contributed by atoms with van der Waals surface area (Å²) in [6, 6.07) is 12.9. The predicted octanol–water partition coefficient (Wildman–Crippen LogP) is 2.89. The fraction of sp³-hybridized carbons (Fsp3) is 0. The fourth-order valence-electron chi connectivity index (χ4n) is 2.47. The van der Waals surface area contributed by atoms with Gasteiger partial charge in [0.25, 0.3) is 5.56 Å². The number of fused-ring (bicyclic) bond motifs is 1. The Kier molecular flexibility index (Phi) is 3.01. The van der Waals surface area contributed by atoms with Gasteiger partial charge in [0.05, 0.1) is 11.4 Å². The second-order valence-electron chi connectivity index (χ2n) is 5.09. The van der Waals surface area contributed by atoms with Gasteiger partial charge in [0.1, 0.15) is 5.82 Å². The number of rotatable bonds is 2. The van der Waals surface area contributed by atoms with Crippen molar-refractivity contribution < 1.29 is 4.39 Å². The second kappa shape index (κ2) is 5.17. The molecule has 5 nitrogen and oxygen atoms in total. The average molecular weight is 306 g/mol. The minimum absolute atomic E-state index is 0.232. The molecule has 23 heavy (non-hydrogen) atoms. The van der Waals surface area contributed by atoms with E-state index in [2.05, 4.69) is 15.1 Å². The van der Waals surface area contributed by atoms with Gasteiger partial charge in [0.2, 0.25) is 0 Å². The molecule has 0 amide bonds. The van der Waals surface area contributed by atoms with E-state index < -0.39 is 0 Å². The largest absolute Gasteiger partial charge is 0.289 e. The Labute approximate surface area is 130 Å². The Balaban J connectivity index is 1.89. The van der Waals surface area contributed by atoms with Crippen LogP contribution in [0.2, 0.25) is 0 Å². The Bertz CT molecular complexity index is 1050. The molecule has 112 valence electrons. The first-order chi connectivity index (χ1) is 11.2. The summed E-state index contributed by atoms with van der Waals surface area (Å²) in [5.41, 5.74) is 2.91. The van der Waals surface area contributed by atoms with Crippen LogP contribution in [-0.4, -0.2) is 19.6 Å². The van der Waals surface area contributed by atoms with Crippen molar-refractivity contribution in [3.8, 4) is 22.5 Å². The Morgan fingerprint density at radius 2 is 1.83 bits per heavy atom. The van der Waals surface area contributed by atoms with Crippen LogP contribution in [0.15, 0.2) is 65.7 Å². The molecule has 3 heterocycles. The summed E-state index contributed by atoms with van der Waals surface area (Å²) in [4.78, 5) is 20.7. The van der Waals surface area contributed by atoms with E-state index in [9.17, 15) is 9.18 Å². The van der Waals surface area contributed by atoms with Crippen molar-refractivity contribution in [2.45, 2.75) is 0 Å². The third-order valence-corrected chi connectivity index (χ3v) is 3.56. The number of halogens is 1. The number of H-pyrrole nitrogens is 1. The summed E-state index contributed by atoms with van der Waals surface area (Å²) in [7, 11) is 0. The van der Waals surface area contributed by atoms with Crippen LogP contribution in [0.3, 0.4) is 0 Å². The summed E-state index contributed by atoms with van der Waals surface area (Å²) in [5, 5.41) is 2.95. The SMILES string of the molecule is O=c1cc(-c2ccncc2)nc2cc(-c3cccc(F)c3)[nH]n12. The number of hydrogen-bond donors (Lipinski definition) is 1. The zero-order valence-corrected chi connectivity index (χ0v) is 11.9.